The third-order valence-corrected chi connectivity index (χ3v) is 4.48. The van der Waals surface area contributed by atoms with E-state index in [1.165, 1.54) is 25.7 Å². The van der Waals surface area contributed by atoms with E-state index in [0.29, 0.717) is 5.92 Å². The third kappa shape index (κ3) is 2.01. The molecule has 0 bridgehead atoms. The highest BCUT2D eigenvalue weighted by Gasteiger charge is 2.19. The molecule has 1 saturated carbocycles. The Morgan fingerprint density at radius 1 is 1.22 bits per heavy atom. The van der Waals surface area contributed by atoms with Gasteiger partial charge in [0.05, 0.1) is 5.52 Å². The maximum Gasteiger partial charge on any atom is 0.189 e. The number of benzene rings is 1. The van der Waals surface area contributed by atoms with Gasteiger partial charge in [-0.3, -0.25) is 4.79 Å². The van der Waals surface area contributed by atoms with E-state index in [9.17, 15) is 4.79 Å². The van der Waals surface area contributed by atoms with Crippen molar-refractivity contribution in [3.8, 4) is 0 Å². The van der Waals surface area contributed by atoms with E-state index in [-0.39, 0.29) is 5.43 Å². The van der Waals surface area contributed by atoms with Crippen molar-refractivity contribution in [1.29, 1.82) is 0 Å². The minimum Gasteiger partial charge on any atom is -0.357 e. The number of H-pyrrole nitrogens is 1. The summed E-state index contributed by atoms with van der Waals surface area (Å²) in [5.74, 6) is 0.537. The summed E-state index contributed by atoms with van der Waals surface area (Å²) in [6.45, 7) is 2.01. The Balaban J connectivity index is 2.23. The molecule has 0 radical (unpaired) electrons. The Labute approximate surface area is 115 Å². The van der Waals surface area contributed by atoms with Crippen molar-refractivity contribution in [2.24, 2.45) is 0 Å². The zero-order valence-electron chi connectivity index (χ0n) is 10.4. The Hall–Kier alpha value is -1.09. The topological polar surface area (TPSA) is 32.9 Å². The lowest BCUT2D eigenvalue weighted by atomic mass is 10.0. The average molecular weight is 306 g/mol. The molecule has 0 atom stereocenters. The fourth-order valence-corrected chi connectivity index (χ4v) is 3.59. The fraction of sp³-hybridized carbons (Fsp3) is 0.400. The molecule has 1 aliphatic carbocycles. The molecule has 1 heterocycles. The van der Waals surface area contributed by atoms with Crippen LogP contribution in [0.25, 0.3) is 10.9 Å². The molecule has 1 aromatic heterocycles. The Morgan fingerprint density at radius 3 is 2.67 bits per heavy atom. The Kier molecular flexibility index (Phi) is 3.02. The molecule has 0 unspecified atom stereocenters. The molecule has 3 heteroatoms. The minimum atomic E-state index is 0.134. The highest BCUT2D eigenvalue weighted by atomic mass is 79.9. The number of aromatic amines is 1. The number of pyridine rings is 1. The highest BCUT2D eigenvalue weighted by Crippen LogP contribution is 2.33. The maximum absolute atomic E-state index is 12.2. The first-order valence-electron chi connectivity index (χ1n) is 6.48. The van der Waals surface area contributed by atoms with Crippen LogP contribution in [-0.4, -0.2) is 4.98 Å². The molecular weight excluding hydrogens is 290 g/mol. The summed E-state index contributed by atoms with van der Waals surface area (Å²) >= 11 is 3.55. The predicted octanol–water partition coefficient (Wildman–Crippen LogP) is 4.26. The van der Waals surface area contributed by atoms with Crippen LogP contribution in [0.5, 0.6) is 0 Å². The summed E-state index contributed by atoms with van der Waals surface area (Å²) in [7, 11) is 0. The summed E-state index contributed by atoms with van der Waals surface area (Å²) in [5.41, 5.74) is 3.29. The van der Waals surface area contributed by atoms with E-state index in [0.717, 1.165) is 26.6 Å². The monoisotopic (exact) mass is 305 g/mol. The van der Waals surface area contributed by atoms with Crippen molar-refractivity contribution < 1.29 is 0 Å². The smallest absolute Gasteiger partial charge is 0.189 e. The van der Waals surface area contributed by atoms with Gasteiger partial charge in [-0.15, -0.1) is 0 Å². The number of hydrogen-bond donors (Lipinski definition) is 1. The molecule has 0 spiro atoms. The largest absolute Gasteiger partial charge is 0.357 e. The van der Waals surface area contributed by atoms with Gasteiger partial charge < -0.3 is 4.98 Å². The van der Waals surface area contributed by atoms with Crippen molar-refractivity contribution in [3.63, 3.8) is 0 Å². The zero-order chi connectivity index (χ0) is 12.7. The zero-order valence-corrected chi connectivity index (χ0v) is 12.0. The van der Waals surface area contributed by atoms with Crippen molar-refractivity contribution in [3.05, 3.63) is 44.2 Å². The van der Waals surface area contributed by atoms with Crippen molar-refractivity contribution >= 4 is 26.8 Å². The number of halogens is 1. The van der Waals surface area contributed by atoms with E-state index >= 15 is 0 Å². The molecule has 94 valence electrons. The standard InChI is InChI=1S/C15H16BrNO/c1-9-6-11-14(18)8-13(10-4-2-3-5-10)17-15(11)12(16)7-9/h6-8,10H,2-5H2,1H3,(H,17,18). The second-order valence-electron chi connectivity index (χ2n) is 5.24. The second kappa shape index (κ2) is 4.54. The number of aryl methyl sites for hydroxylation is 1. The third-order valence-electron chi connectivity index (χ3n) is 3.85. The minimum absolute atomic E-state index is 0.134. The molecule has 0 amide bonds. The number of nitrogens with one attached hydrogen (secondary N) is 1. The SMILES string of the molecule is Cc1cc(Br)c2[nH]c(C3CCCC3)cc(=O)c2c1. The number of aromatic nitrogens is 1. The Morgan fingerprint density at radius 2 is 1.94 bits per heavy atom. The molecule has 2 nitrogen and oxygen atoms in total. The van der Waals surface area contributed by atoms with Crippen LogP contribution in [0.4, 0.5) is 0 Å². The Bertz CT molecular complexity index is 653. The van der Waals surface area contributed by atoms with Crippen molar-refractivity contribution in [2.75, 3.05) is 0 Å². The van der Waals surface area contributed by atoms with Crippen LogP contribution in [0.3, 0.4) is 0 Å². The van der Waals surface area contributed by atoms with Crippen LogP contribution in [0.2, 0.25) is 0 Å². The summed E-state index contributed by atoms with van der Waals surface area (Å²) in [6, 6.07) is 5.80. The van der Waals surface area contributed by atoms with Gasteiger partial charge in [-0.05, 0) is 59.3 Å². The summed E-state index contributed by atoms with van der Waals surface area (Å²) in [6.07, 6.45) is 4.95. The normalized spacial score (nSPS) is 16.6. The first-order valence-corrected chi connectivity index (χ1v) is 7.27. The van der Waals surface area contributed by atoms with Crippen LogP contribution < -0.4 is 5.43 Å². The molecule has 1 aliphatic rings. The van der Waals surface area contributed by atoms with Crippen LogP contribution >= 0.6 is 15.9 Å². The molecule has 0 aliphatic heterocycles. The van der Waals surface area contributed by atoms with Crippen LogP contribution in [0.15, 0.2) is 27.5 Å². The van der Waals surface area contributed by atoms with Gasteiger partial charge in [0, 0.05) is 21.6 Å². The fourth-order valence-electron chi connectivity index (χ4n) is 2.92. The molecule has 1 N–H and O–H groups in total. The molecule has 1 aromatic carbocycles. The van der Waals surface area contributed by atoms with Crippen LogP contribution in [0.1, 0.15) is 42.9 Å². The number of hydrogen-bond acceptors (Lipinski definition) is 1. The summed E-state index contributed by atoms with van der Waals surface area (Å²) in [5, 5.41) is 0.781. The molecular formula is C15H16BrNO. The molecule has 3 rings (SSSR count). The van der Waals surface area contributed by atoms with Crippen molar-refractivity contribution in [2.45, 2.75) is 38.5 Å². The van der Waals surface area contributed by atoms with Gasteiger partial charge in [0.15, 0.2) is 5.43 Å². The van der Waals surface area contributed by atoms with E-state index in [2.05, 4.69) is 27.0 Å². The van der Waals surface area contributed by atoms with Gasteiger partial charge in [-0.1, -0.05) is 12.8 Å². The van der Waals surface area contributed by atoms with Gasteiger partial charge in [0.25, 0.3) is 0 Å². The second-order valence-corrected chi connectivity index (χ2v) is 6.09. The highest BCUT2D eigenvalue weighted by molar-refractivity contribution is 9.10. The first kappa shape index (κ1) is 12.0. The lowest BCUT2D eigenvalue weighted by molar-refractivity contribution is 0.700. The first-order chi connectivity index (χ1) is 8.65. The van der Waals surface area contributed by atoms with Gasteiger partial charge >= 0.3 is 0 Å². The maximum atomic E-state index is 12.2. The van der Waals surface area contributed by atoms with E-state index in [1.807, 2.05) is 13.0 Å². The molecule has 18 heavy (non-hydrogen) atoms. The van der Waals surface area contributed by atoms with Gasteiger partial charge in [-0.25, -0.2) is 0 Å². The van der Waals surface area contributed by atoms with E-state index in [1.54, 1.807) is 6.07 Å². The van der Waals surface area contributed by atoms with Gasteiger partial charge in [-0.2, -0.15) is 0 Å². The van der Waals surface area contributed by atoms with Crippen molar-refractivity contribution in [1.82, 2.24) is 4.98 Å². The van der Waals surface area contributed by atoms with Crippen LogP contribution in [0, 0.1) is 6.92 Å². The number of rotatable bonds is 1. The molecule has 0 saturated heterocycles. The van der Waals surface area contributed by atoms with Gasteiger partial charge in [0.1, 0.15) is 0 Å². The summed E-state index contributed by atoms with van der Waals surface area (Å²) in [4.78, 5) is 15.7. The summed E-state index contributed by atoms with van der Waals surface area (Å²) < 4.78 is 0.981. The molecule has 2 aromatic rings. The quantitative estimate of drug-likeness (QED) is 0.839. The van der Waals surface area contributed by atoms with Crippen LogP contribution in [-0.2, 0) is 0 Å². The predicted molar refractivity (Wildman–Crippen MR) is 78.2 cm³/mol. The van der Waals surface area contributed by atoms with E-state index in [4.69, 9.17) is 0 Å². The lowest BCUT2D eigenvalue weighted by Gasteiger charge is -2.12. The average Bonchev–Trinajstić information content (AvgIpc) is 2.83. The molecule has 1 fully saturated rings. The number of fused-ring (bicyclic) bond motifs is 1. The lowest BCUT2D eigenvalue weighted by Crippen LogP contribution is -2.08. The van der Waals surface area contributed by atoms with Gasteiger partial charge in [0.2, 0.25) is 0 Å². The van der Waals surface area contributed by atoms with E-state index < -0.39 is 0 Å².